The lowest BCUT2D eigenvalue weighted by molar-refractivity contribution is -0.150. The maximum absolute atomic E-state index is 12.7. The molecular formula is C45H89NO5. The van der Waals surface area contributed by atoms with Crippen molar-refractivity contribution >= 4 is 11.9 Å². The average Bonchev–Trinajstić information content (AvgIpc) is 3.12. The summed E-state index contributed by atoms with van der Waals surface area (Å²) >= 11 is 0. The molecule has 0 aliphatic rings. The van der Waals surface area contributed by atoms with Gasteiger partial charge in [-0.25, -0.2) is 0 Å². The Balaban J connectivity index is 4.02. The van der Waals surface area contributed by atoms with Gasteiger partial charge in [-0.15, -0.1) is 0 Å². The van der Waals surface area contributed by atoms with E-state index < -0.39 is 0 Å². The molecule has 0 heterocycles. The smallest absolute Gasteiger partial charge is 0.308 e. The molecule has 0 radical (unpaired) electrons. The van der Waals surface area contributed by atoms with E-state index in [1.165, 1.54) is 116 Å². The molecule has 0 aromatic carbocycles. The van der Waals surface area contributed by atoms with E-state index in [0.717, 1.165) is 103 Å². The molecule has 1 atom stereocenters. The first-order valence-electron chi connectivity index (χ1n) is 22.7. The van der Waals surface area contributed by atoms with Gasteiger partial charge < -0.3 is 19.5 Å². The van der Waals surface area contributed by atoms with Gasteiger partial charge in [-0.2, -0.15) is 0 Å². The third-order valence-corrected chi connectivity index (χ3v) is 10.6. The third kappa shape index (κ3) is 35.6. The molecule has 0 aromatic heterocycles. The molecule has 0 saturated heterocycles. The van der Waals surface area contributed by atoms with E-state index in [-0.39, 0.29) is 30.6 Å². The van der Waals surface area contributed by atoms with Crippen molar-refractivity contribution < 1.29 is 24.2 Å². The number of rotatable bonds is 41. The van der Waals surface area contributed by atoms with Crippen LogP contribution in [0.25, 0.3) is 0 Å². The van der Waals surface area contributed by atoms with Crippen molar-refractivity contribution in [1.29, 1.82) is 0 Å². The minimum absolute atomic E-state index is 0.00665. The topological polar surface area (TPSA) is 76.1 Å². The van der Waals surface area contributed by atoms with Gasteiger partial charge in [-0.1, -0.05) is 169 Å². The maximum atomic E-state index is 12.7. The maximum Gasteiger partial charge on any atom is 0.308 e. The molecule has 0 amide bonds. The van der Waals surface area contributed by atoms with Gasteiger partial charge in [0.25, 0.3) is 0 Å². The summed E-state index contributed by atoms with van der Waals surface area (Å²) in [6, 6.07) is 0. The summed E-state index contributed by atoms with van der Waals surface area (Å²) < 4.78 is 11.5. The Labute approximate surface area is 318 Å². The Morgan fingerprint density at radius 2 is 0.922 bits per heavy atom. The molecule has 0 aliphatic heterocycles. The molecule has 0 aromatic rings. The summed E-state index contributed by atoms with van der Waals surface area (Å²) in [5.41, 5.74) is 0. The van der Waals surface area contributed by atoms with Crippen LogP contribution in [0.2, 0.25) is 0 Å². The zero-order valence-electron chi connectivity index (χ0n) is 34.8. The van der Waals surface area contributed by atoms with Gasteiger partial charge in [-0.05, 0) is 70.9 Å². The molecule has 0 saturated carbocycles. The molecular weight excluding hydrogens is 634 g/mol. The first-order chi connectivity index (χ1) is 25.0. The molecule has 1 N–H and O–H groups in total. The van der Waals surface area contributed by atoms with Crippen LogP contribution in [0.15, 0.2) is 0 Å². The molecule has 0 fully saturated rings. The molecule has 1 unspecified atom stereocenters. The second-order valence-corrected chi connectivity index (χ2v) is 15.7. The number of hydrogen-bond acceptors (Lipinski definition) is 6. The lowest BCUT2D eigenvalue weighted by Gasteiger charge is -2.21. The fourth-order valence-electron chi connectivity index (χ4n) is 7.06. The summed E-state index contributed by atoms with van der Waals surface area (Å²) in [5, 5.41) is 9.57. The molecule has 0 spiro atoms. The van der Waals surface area contributed by atoms with E-state index >= 15 is 0 Å². The van der Waals surface area contributed by atoms with Crippen LogP contribution in [-0.2, 0) is 19.1 Å². The highest BCUT2D eigenvalue weighted by Gasteiger charge is 2.15. The number of unbranched alkanes of at least 4 members (excludes halogenated alkanes) is 23. The van der Waals surface area contributed by atoms with Crippen LogP contribution < -0.4 is 0 Å². The Morgan fingerprint density at radius 3 is 1.41 bits per heavy atom. The van der Waals surface area contributed by atoms with E-state index in [9.17, 15) is 14.7 Å². The minimum Gasteiger partial charge on any atom is -0.465 e. The molecule has 304 valence electrons. The summed E-state index contributed by atoms with van der Waals surface area (Å²) in [6.07, 6.45) is 37.7. The van der Waals surface area contributed by atoms with E-state index in [2.05, 4.69) is 25.7 Å². The highest BCUT2D eigenvalue weighted by Crippen LogP contribution is 2.19. The summed E-state index contributed by atoms with van der Waals surface area (Å²) in [7, 11) is 0. The number of ether oxygens (including phenoxy) is 2. The van der Waals surface area contributed by atoms with Crippen LogP contribution in [0.5, 0.6) is 0 Å². The van der Waals surface area contributed by atoms with Crippen LogP contribution in [0.3, 0.4) is 0 Å². The number of esters is 2. The predicted molar refractivity (Wildman–Crippen MR) is 218 cm³/mol. The van der Waals surface area contributed by atoms with Crippen molar-refractivity contribution in [2.75, 3.05) is 32.8 Å². The molecule has 6 heteroatoms. The number of carbonyl (C=O) groups excluding carboxylic acids is 2. The van der Waals surface area contributed by atoms with Crippen LogP contribution in [-0.4, -0.2) is 60.9 Å². The second kappa shape index (κ2) is 40.1. The highest BCUT2D eigenvalue weighted by atomic mass is 16.5. The second-order valence-electron chi connectivity index (χ2n) is 15.7. The lowest BCUT2D eigenvalue weighted by Crippen LogP contribution is -2.29. The summed E-state index contributed by atoms with van der Waals surface area (Å²) in [5.74, 6) is -0.0200. The SMILES string of the molecule is CCCCCCCCCOC(=O)C(C)CCCCCCN(CCO)CCCCCCCC(=O)OC(CCCCCCCC)CCCCCCCC. The van der Waals surface area contributed by atoms with Gasteiger partial charge in [-0.3, -0.25) is 9.59 Å². The van der Waals surface area contributed by atoms with E-state index in [1.807, 2.05) is 6.92 Å². The highest BCUT2D eigenvalue weighted by molar-refractivity contribution is 5.71. The minimum atomic E-state index is -0.0266. The van der Waals surface area contributed by atoms with Crippen molar-refractivity contribution in [3.8, 4) is 0 Å². The van der Waals surface area contributed by atoms with Gasteiger partial charge in [0.15, 0.2) is 0 Å². The average molecular weight is 724 g/mol. The Morgan fingerprint density at radius 1 is 0.510 bits per heavy atom. The number of aliphatic hydroxyl groups excluding tert-OH is 1. The fraction of sp³-hybridized carbons (Fsp3) is 0.956. The van der Waals surface area contributed by atoms with Crippen LogP contribution >= 0.6 is 0 Å². The largest absolute Gasteiger partial charge is 0.465 e. The van der Waals surface area contributed by atoms with Gasteiger partial charge in [0, 0.05) is 13.0 Å². The Kier molecular flexibility index (Phi) is 39.2. The van der Waals surface area contributed by atoms with Crippen LogP contribution in [0.4, 0.5) is 0 Å². The first-order valence-corrected chi connectivity index (χ1v) is 22.7. The zero-order valence-corrected chi connectivity index (χ0v) is 34.8. The molecule has 0 bridgehead atoms. The summed E-state index contributed by atoms with van der Waals surface area (Å²) in [4.78, 5) is 27.4. The number of carbonyl (C=O) groups is 2. The van der Waals surface area contributed by atoms with Gasteiger partial charge >= 0.3 is 11.9 Å². The fourth-order valence-corrected chi connectivity index (χ4v) is 7.06. The van der Waals surface area contributed by atoms with E-state index in [0.29, 0.717) is 13.0 Å². The third-order valence-electron chi connectivity index (χ3n) is 10.6. The summed E-state index contributed by atoms with van der Waals surface area (Å²) in [6.45, 7) is 12.4. The normalized spacial score (nSPS) is 12.2. The number of aliphatic hydroxyl groups is 1. The monoisotopic (exact) mass is 724 g/mol. The molecule has 0 rings (SSSR count). The van der Waals surface area contributed by atoms with E-state index in [1.54, 1.807) is 0 Å². The van der Waals surface area contributed by atoms with Gasteiger partial charge in [0.2, 0.25) is 0 Å². The number of nitrogens with zero attached hydrogens (tertiary/aromatic N) is 1. The van der Waals surface area contributed by atoms with Crippen molar-refractivity contribution in [3.63, 3.8) is 0 Å². The van der Waals surface area contributed by atoms with E-state index in [4.69, 9.17) is 9.47 Å². The standard InChI is InChI=1S/C45H89NO5/c1-5-8-11-14-17-25-32-41-50-45(49)42(4)33-26-22-24-31-38-46(39-40-47)37-30-23-18-21-29-36-44(48)51-43(34-27-19-15-12-9-6-2)35-28-20-16-13-10-7-3/h42-43,47H,5-41H2,1-4H3. The van der Waals surface area contributed by atoms with Gasteiger partial charge in [0.1, 0.15) is 6.10 Å². The van der Waals surface area contributed by atoms with Crippen molar-refractivity contribution in [2.24, 2.45) is 5.92 Å². The van der Waals surface area contributed by atoms with Crippen molar-refractivity contribution in [1.82, 2.24) is 4.90 Å². The van der Waals surface area contributed by atoms with Crippen LogP contribution in [0.1, 0.15) is 233 Å². The van der Waals surface area contributed by atoms with Gasteiger partial charge in [0.05, 0.1) is 19.1 Å². The Bertz CT molecular complexity index is 715. The number of hydrogen-bond donors (Lipinski definition) is 1. The first kappa shape index (κ1) is 49.9. The zero-order chi connectivity index (χ0) is 37.5. The molecule has 6 nitrogen and oxygen atoms in total. The predicted octanol–water partition coefficient (Wildman–Crippen LogP) is 12.9. The molecule has 0 aliphatic carbocycles. The van der Waals surface area contributed by atoms with Crippen molar-refractivity contribution in [2.45, 2.75) is 239 Å². The Hall–Kier alpha value is -1.14. The van der Waals surface area contributed by atoms with Crippen LogP contribution in [0, 0.1) is 5.92 Å². The molecule has 51 heavy (non-hydrogen) atoms. The lowest BCUT2D eigenvalue weighted by atomic mass is 10.0. The quantitative estimate of drug-likeness (QED) is 0.0500. The van der Waals surface area contributed by atoms with Crippen molar-refractivity contribution in [3.05, 3.63) is 0 Å².